The zero-order valence-electron chi connectivity index (χ0n) is 19.2. The molecule has 7 nitrogen and oxygen atoms in total. The number of aryl methyl sites for hydroxylation is 1. The number of hydrogen-bond donors (Lipinski definition) is 2. The third-order valence-corrected chi connectivity index (χ3v) is 7.17. The third kappa shape index (κ3) is 6.30. The number of carbonyl (C=O) groups excluding carboxylic acids is 1. The number of sulfonamides is 1. The summed E-state index contributed by atoms with van der Waals surface area (Å²) in [6.45, 7) is 5.98. The molecule has 1 saturated heterocycles. The van der Waals surface area contributed by atoms with E-state index in [0.717, 1.165) is 44.0 Å². The van der Waals surface area contributed by atoms with Gasteiger partial charge < -0.3 is 10.1 Å². The summed E-state index contributed by atoms with van der Waals surface area (Å²) in [5, 5.41) is 2.92. The first-order valence-electron chi connectivity index (χ1n) is 11.3. The monoisotopic (exact) mass is 479 g/mol. The van der Waals surface area contributed by atoms with Gasteiger partial charge in [0.1, 0.15) is 0 Å². The van der Waals surface area contributed by atoms with Crippen molar-refractivity contribution in [3.8, 4) is 0 Å². The minimum Gasteiger partial charge on any atom is -0.379 e. The average molecular weight is 480 g/mol. The van der Waals surface area contributed by atoms with E-state index in [-0.39, 0.29) is 17.3 Å². The van der Waals surface area contributed by atoms with Crippen molar-refractivity contribution in [3.05, 3.63) is 95.1 Å². The maximum Gasteiger partial charge on any atom is 0.255 e. The van der Waals surface area contributed by atoms with Crippen LogP contribution in [-0.2, 0) is 27.8 Å². The van der Waals surface area contributed by atoms with Crippen LogP contribution in [0.1, 0.15) is 27.0 Å². The Labute approximate surface area is 200 Å². The molecular formula is C26H29N3O4S. The summed E-state index contributed by atoms with van der Waals surface area (Å²) in [5.74, 6) is -0.346. The Morgan fingerprint density at radius 1 is 0.941 bits per heavy atom. The standard InChI is InChI=1S/C26H29N3O4S/c1-20-10-11-24(34(31,32)27-18-21-6-3-2-4-7-21)17-25(20)26(30)28-23-9-5-8-22(16-23)19-29-12-14-33-15-13-29/h2-11,16-17,27H,12-15,18-19H2,1H3,(H,28,30). The molecule has 1 heterocycles. The second-order valence-electron chi connectivity index (χ2n) is 8.33. The highest BCUT2D eigenvalue weighted by atomic mass is 32.2. The van der Waals surface area contributed by atoms with Gasteiger partial charge in [-0.25, -0.2) is 13.1 Å². The van der Waals surface area contributed by atoms with Crippen molar-refractivity contribution in [2.24, 2.45) is 0 Å². The number of rotatable bonds is 8. The Morgan fingerprint density at radius 3 is 2.44 bits per heavy atom. The number of morpholine rings is 1. The van der Waals surface area contributed by atoms with Crippen LogP contribution in [0.2, 0.25) is 0 Å². The van der Waals surface area contributed by atoms with Crippen molar-refractivity contribution in [2.45, 2.75) is 24.9 Å². The summed E-state index contributed by atoms with van der Waals surface area (Å²) in [6, 6.07) is 21.6. The molecule has 0 spiro atoms. The number of hydrogen-bond acceptors (Lipinski definition) is 5. The molecule has 1 aliphatic rings. The minimum absolute atomic E-state index is 0.0558. The summed E-state index contributed by atoms with van der Waals surface area (Å²) in [7, 11) is -3.77. The van der Waals surface area contributed by atoms with Gasteiger partial charge in [0, 0.05) is 37.4 Å². The van der Waals surface area contributed by atoms with Gasteiger partial charge in [0.2, 0.25) is 10.0 Å². The minimum atomic E-state index is -3.77. The normalized spacial score (nSPS) is 14.6. The number of benzene rings is 3. The molecule has 3 aromatic carbocycles. The van der Waals surface area contributed by atoms with Crippen LogP contribution in [0.25, 0.3) is 0 Å². The van der Waals surface area contributed by atoms with Gasteiger partial charge in [0.25, 0.3) is 5.91 Å². The van der Waals surface area contributed by atoms with E-state index in [1.165, 1.54) is 12.1 Å². The van der Waals surface area contributed by atoms with Gasteiger partial charge >= 0.3 is 0 Å². The lowest BCUT2D eigenvalue weighted by Crippen LogP contribution is -2.35. The lowest BCUT2D eigenvalue weighted by molar-refractivity contribution is 0.0342. The van der Waals surface area contributed by atoms with Gasteiger partial charge in [-0.3, -0.25) is 9.69 Å². The summed E-state index contributed by atoms with van der Waals surface area (Å²) < 4.78 is 33.7. The largest absolute Gasteiger partial charge is 0.379 e. The van der Waals surface area contributed by atoms with E-state index in [1.807, 2.05) is 54.6 Å². The van der Waals surface area contributed by atoms with Crippen molar-refractivity contribution in [1.82, 2.24) is 9.62 Å². The molecule has 1 fully saturated rings. The first-order chi connectivity index (χ1) is 16.4. The van der Waals surface area contributed by atoms with Crippen LogP contribution in [0.5, 0.6) is 0 Å². The van der Waals surface area contributed by atoms with Crippen molar-refractivity contribution < 1.29 is 17.9 Å². The first-order valence-corrected chi connectivity index (χ1v) is 12.7. The molecule has 0 radical (unpaired) electrons. The lowest BCUT2D eigenvalue weighted by atomic mass is 10.1. The number of carbonyl (C=O) groups is 1. The van der Waals surface area contributed by atoms with E-state index >= 15 is 0 Å². The fourth-order valence-corrected chi connectivity index (χ4v) is 4.88. The van der Waals surface area contributed by atoms with Crippen LogP contribution in [0.3, 0.4) is 0 Å². The number of ether oxygens (including phenoxy) is 1. The molecule has 0 saturated carbocycles. The van der Waals surface area contributed by atoms with Crippen molar-refractivity contribution in [1.29, 1.82) is 0 Å². The average Bonchev–Trinajstić information content (AvgIpc) is 2.84. The number of nitrogens with one attached hydrogen (secondary N) is 2. The van der Waals surface area contributed by atoms with Crippen molar-refractivity contribution in [2.75, 3.05) is 31.6 Å². The second-order valence-corrected chi connectivity index (χ2v) is 10.1. The fourth-order valence-electron chi connectivity index (χ4n) is 3.83. The van der Waals surface area contributed by atoms with Gasteiger partial charge in [0.15, 0.2) is 0 Å². The van der Waals surface area contributed by atoms with E-state index in [9.17, 15) is 13.2 Å². The Bertz CT molecular complexity index is 1240. The molecule has 34 heavy (non-hydrogen) atoms. The Balaban J connectivity index is 1.46. The van der Waals surface area contributed by atoms with Gasteiger partial charge in [-0.15, -0.1) is 0 Å². The predicted molar refractivity (Wildman–Crippen MR) is 132 cm³/mol. The molecule has 0 bridgehead atoms. The second kappa shape index (κ2) is 10.9. The molecule has 1 amide bonds. The zero-order valence-corrected chi connectivity index (χ0v) is 20.0. The van der Waals surface area contributed by atoms with Gasteiger partial charge in [-0.2, -0.15) is 0 Å². The topological polar surface area (TPSA) is 87.7 Å². The van der Waals surface area contributed by atoms with E-state index in [2.05, 4.69) is 14.9 Å². The van der Waals surface area contributed by atoms with Gasteiger partial charge in [-0.1, -0.05) is 48.5 Å². The highest BCUT2D eigenvalue weighted by Crippen LogP contribution is 2.19. The fraction of sp³-hybridized carbons (Fsp3) is 0.269. The van der Waals surface area contributed by atoms with Gasteiger partial charge in [0.05, 0.1) is 18.1 Å². The van der Waals surface area contributed by atoms with E-state index < -0.39 is 10.0 Å². The van der Waals surface area contributed by atoms with Crippen LogP contribution in [0, 0.1) is 6.92 Å². The van der Waals surface area contributed by atoms with E-state index in [0.29, 0.717) is 16.8 Å². The molecular weight excluding hydrogens is 450 g/mol. The van der Waals surface area contributed by atoms with Crippen molar-refractivity contribution >= 4 is 21.6 Å². The molecule has 0 unspecified atom stereocenters. The van der Waals surface area contributed by atoms with Crippen LogP contribution in [0.4, 0.5) is 5.69 Å². The lowest BCUT2D eigenvalue weighted by Gasteiger charge is -2.26. The van der Waals surface area contributed by atoms with E-state index in [1.54, 1.807) is 13.0 Å². The Kier molecular flexibility index (Phi) is 7.74. The summed E-state index contributed by atoms with van der Waals surface area (Å²) in [4.78, 5) is 15.4. The molecule has 3 aromatic rings. The van der Waals surface area contributed by atoms with Crippen LogP contribution in [-0.4, -0.2) is 45.5 Å². The molecule has 4 rings (SSSR count). The SMILES string of the molecule is Cc1ccc(S(=O)(=O)NCc2ccccc2)cc1C(=O)Nc1cccc(CN2CCOCC2)c1. The smallest absolute Gasteiger partial charge is 0.255 e. The quantitative estimate of drug-likeness (QED) is 0.516. The first kappa shape index (κ1) is 24.1. The highest BCUT2D eigenvalue weighted by Gasteiger charge is 2.18. The third-order valence-electron chi connectivity index (χ3n) is 5.77. The molecule has 1 aliphatic heterocycles. The maximum atomic E-state index is 13.0. The van der Waals surface area contributed by atoms with Crippen LogP contribution < -0.4 is 10.0 Å². The van der Waals surface area contributed by atoms with Crippen LogP contribution >= 0.6 is 0 Å². The molecule has 0 aliphatic carbocycles. The maximum absolute atomic E-state index is 13.0. The van der Waals surface area contributed by atoms with Crippen LogP contribution in [0.15, 0.2) is 77.7 Å². The summed E-state index contributed by atoms with van der Waals surface area (Å²) in [5.41, 5.74) is 3.64. The van der Waals surface area contributed by atoms with Gasteiger partial charge in [-0.05, 0) is 47.9 Å². The summed E-state index contributed by atoms with van der Waals surface area (Å²) in [6.07, 6.45) is 0. The molecule has 178 valence electrons. The molecule has 0 aromatic heterocycles. The summed E-state index contributed by atoms with van der Waals surface area (Å²) >= 11 is 0. The highest BCUT2D eigenvalue weighted by molar-refractivity contribution is 7.89. The number of amides is 1. The molecule has 2 N–H and O–H groups in total. The Morgan fingerprint density at radius 2 is 1.68 bits per heavy atom. The zero-order chi connectivity index (χ0) is 24.0. The predicted octanol–water partition coefficient (Wildman–Crippen LogP) is 3.56. The van der Waals surface area contributed by atoms with Crippen molar-refractivity contribution in [3.63, 3.8) is 0 Å². The number of nitrogens with zero attached hydrogens (tertiary/aromatic N) is 1. The van der Waals surface area contributed by atoms with E-state index in [4.69, 9.17) is 4.74 Å². The molecule has 8 heteroatoms. The molecule has 0 atom stereocenters. The number of anilines is 1. The Hall–Kier alpha value is -3.04.